The lowest BCUT2D eigenvalue weighted by Gasteiger charge is -2.17. The number of aryl methyl sites for hydroxylation is 2. The summed E-state index contributed by atoms with van der Waals surface area (Å²) in [6, 6.07) is 4.15. The van der Waals surface area contributed by atoms with Gasteiger partial charge in [0.05, 0.1) is 15.9 Å². The van der Waals surface area contributed by atoms with Crippen molar-refractivity contribution in [3.8, 4) is 0 Å². The standard InChI is InChI=1S/C15H21BrN4/c1-4-20-14(15(16)12(2)18-20)11-19(3)10-7-13-5-8-17-9-6-13/h5-6,8-9H,4,7,10-11H2,1-3H3. The van der Waals surface area contributed by atoms with Crippen LogP contribution in [0.3, 0.4) is 0 Å². The minimum Gasteiger partial charge on any atom is -0.300 e. The number of aromatic nitrogens is 3. The third kappa shape index (κ3) is 3.67. The van der Waals surface area contributed by atoms with Gasteiger partial charge in [-0.25, -0.2) is 0 Å². The van der Waals surface area contributed by atoms with Crippen molar-refractivity contribution in [2.75, 3.05) is 13.6 Å². The molecule has 0 atom stereocenters. The summed E-state index contributed by atoms with van der Waals surface area (Å²) in [5.41, 5.74) is 3.64. The van der Waals surface area contributed by atoms with E-state index in [1.165, 1.54) is 11.3 Å². The molecule has 0 N–H and O–H groups in total. The summed E-state index contributed by atoms with van der Waals surface area (Å²) in [4.78, 5) is 6.37. The highest BCUT2D eigenvalue weighted by Crippen LogP contribution is 2.22. The minimum absolute atomic E-state index is 0.903. The first-order valence-electron chi connectivity index (χ1n) is 6.91. The molecule has 0 spiro atoms. The summed E-state index contributed by atoms with van der Waals surface area (Å²) in [5, 5.41) is 4.53. The molecule has 108 valence electrons. The second-order valence-corrected chi connectivity index (χ2v) is 5.80. The van der Waals surface area contributed by atoms with Crippen molar-refractivity contribution in [3.63, 3.8) is 0 Å². The molecule has 0 aromatic carbocycles. The molecule has 5 heteroatoms. The van der Waals surface area contributed by atoms with Crippen LogP contribution in [0.5, 0.6) is 0 Å². The lowest BCUT2D eigenvalue weighted by atomic mass is 10.2. The van der Waals surface area contributed by atoms with Crippen LogP contribution in [0.1, 0.15) is 23.9 Å². The zero-order valence-electron chi connectivity index (χ0n) is 12.3. The zero-order chi connectivity index (χ0) is 14.5. The van der Waals surface area contributed by atoms with Gasteiger partial charge in [-0.2, -0.15) is 5.10 Å². The fourth-order valence-corrected chi connectivity index (χ4v) is 2.63. The van der Waals surface area contributed by atoms with Crippen LogP contribution in [0.4, 0.5) is 0 Å². The first-order chi connectivity index (χ1) is 9.61. The van der Waals surface area contributed by atoms with Crippen molar-refractivity contribution in [3.05, 3.63) is 46.0 Å². The van der Waals surface area contributed by atoms with Crippen LogP contribution in [0.15, 0.2) is 29.0 Å². The molecular weight excluding hydrogens is 316 g/mol. The van der Waals surface area contributed by atoms with Crippen molar-refractivity contribution >= 4 is 15.9 Å². The summed E-state index contributed by atoms with van der Waals surface area (Å²) < 4.78 is 3.21. The third-order valence-corrected chi connectivity index (χ3v) is 4.44. The summed E-state index contributed by atoms with van der Waals surface area (Å²) in [6.07, 6.45) is 4.73. The average Bonchev–Trinajstić information content (AvgIpc) is 2.74. The van der Waals surface area contributed by atoms with Gasteiger partial charge in [-0.3, -0.25) is 9.67 Å². The Balaban J connectivity index is 1.96. The number of hydrogen-bond acceptors (Lipinski definition) is 3. The van der Waals surface area contributed by atoms with E-state index >= 15 is 0 Å². The van der Waals surface area contributed by atoms with E-state index in [1.54, 1.807) is 0 Å². The third-order valence-electron chi connectivity index (χ3n) is 3.40. The molecule has 0 aliphatic carbocycles. The van der Waals surface area contributed by atoms with E-state index in [0.717, 1.165) is 36.2 Å². The molecule has 2 aromatic heterocycles. The summed E-state index contributed by atoms with van der Waals surface area (Å²) in [6.45, 7) is 6.99. The van der Waals surface area contributed by atoms with Crippen molar-refractivity contribution in [2.24, 2.45) is 0 Å². The Bertz CT molecular complexity index is 551. The van der Waals surface area contributed by atoms with Crippen LogP contribution >= 0.6 is 15.9 Å². The Morgan fingerprint density at radius 1 is 1.30 bits per heavy atom. The van der Waals surface area contributed by atoms with Gasteiger partial charge in [-0.1, -0.05) is 0 Å². The Morgan fingerprint density at radius 2 is 2.00 bits per heavy atom. The number of nitrogens with zero attached hydrogens (tertiary/aromatic N) is 4. The van der Waals surface area contributed by atoms with E-state index in [9.17, 15) is 0 Å². The fourth-order valence-electron chi connectivity index (χ4n) is 2.22. The van der Waals surface area contributed by atoms with Crippen molar-refractivity contribution in [2.45, 2.75) is 33.4 Å². The summed E-state index contributed by atoms with van der Waals surface area (Å²) in [7, 11) is 2.15. The zero-order valence-corrected chi connectivity index (χ0v) is 13.9. The number of rotatable bonds is 6. The van der Waals surface area contributed by atoms with Gasteiger partial charge in [-0.15, -0.1) is 0 Å². The van der Waals surface area contributed by atoms with E-state index in [4.69, 9.17) is 0 Å². The quantitative estimate of drug-likeness (QED) is 0.812. The Morgan fingerprint density at radius 3 is 2.65 bits per heavy atom. The molecule has 0 radical (unpaired) electrons. The normalized spacial score (nSPS) is 11.2. The predicted octanol–water partition coefficient (Wildman–Crippen LogP) is 3.04. The van der Waals surface area contributed by atoms with Crippen LogP contribution in [0.25, 0.3) is 0 Å². The van der Waals surface area contributed by atoms with E-state index in [2.05, 4.69) is 61.7 Å². The van der Waals surface area contributed by atoms with E-state index < -0.39 is 0 Å². The topological polar surface area (TPSA) is 34.0 Å². The second kappa shape index (κ2) is 6.99. The maximum absolute atomic E-state index is 4.53. The van der Waals surface area contributed by atoms with Gasteiger partial charge in [0, 0.05) is 32.0 Å². The highest BCUT2D eigenvalue weighted by molar-refractivity contribution is 9.10. The molecule has 0 saturated carbocycles. The molecule has 2 aromatic rings. The number of halogens is 1. The minimum atomic E-state index is 0.903. The monoisotopic (exact) mass is 336 g/mol. The van der Waals surface area contributed by atoms with Crippen LogP contribution in [-0.4, -0.2) is 33.3 Å². The maximum atomic E-state index is 4.53. The van der Waals surface area contributed by atoms with E-state index in [1.807, 2.05) is 19.3 Å². The highest BCUT2D eigenvalue weighted by atomic mass is 79.9. The summed E-state index contributed by atoms with van der Waals surface area (Å²) in [5.74, 6) is 0. The molecule has 0 bridgehead atoms. The lowest BCUT2D eigenvalue weighted by Crippen LogP contribution is -2.22. The van der Waals surface area contributed by atoms with E-state index in [-0.39, 0.29) is 0 Å². The van der Waals surface area contributed by atoms with Crippen LogP contribution in [0.2, 0.25) is 0 Å². The number of pyridine rings is 1. The van der Waals surface area contributed by atoms with Crippen LogP contribution in [-0.2, 0) is 19.5 Å². The SMILES string of the molecule is CCn1nc(C)c(Br)c1CN(C)CCc1ccncc1. The lowest BCUT2D eigenvalue weighted by molar-refractivity contribution is 0.318. The van der Waals surface area contributed by atoms with Gasteiger partial charge >= 0.3 is 0 Å². The number of likely N-dealkylation sites (N-methyl/N-ethyl adjacent to an activating group) is 1. The van der Waals surface area contributed by atoms with Crippen molar-refractivity contribution in [1.82, 2.24) is 19.7 Å². The molecule has 4 nitrogen and oxygen atoms in total. The molecule has 2 rings (SSSR count). The van der Waals surface area contributed by atoms with Gasteiger partial charge in [0.25, 0.3) is 0 Å². The molecule has 0 unspecified atom stereocenters. The van der Waals surface area contributed by atoms with Crippen molar-refractivity contribution < 1.29 is 0 Å². The first-order valence-corrected chi connectivity index (χ1v) is 7.70. The fraction of sp³-hybridized carbons (Fsp3) is 0.467. The number of hydrogen-bond donors (Lipinski definition) is 0. The second-order valence-electron chi connectivity index (χ2n) is 5.01. The smallest absolute Gasteiger partial charge is 0.0739 e. The first kappa shape index (κ1) is 15.2. The van der Waals surface area contributed by atoms with Crippen LogP contribution < -0.4 is 0 Å². The molecule has 0 aliphatic heterocycles. The van der Waals surface area contributed by atoms with Crippen molar-refractivity contribution in [1.29, 1.82) is 0 Å². The summed E-state index contributed by atoms with van der Waals surface area (Å²) >= 11 is 3.65. The molecule has 0 saturated heterocycles. The molecule has 20 heavy (non-hydrogen) atoms. The van der Waals surface area contributed by atoms with Gasteiger partial charge in [0.1, 0.15) is 0 Å². The maximum Gasteiger partial charge on any atom is 0.0739 e. The molecular formula is C15H21BrN4. The Kier molecular flexibility index (Phi) is 5.31. The van der Waals surface area contributed by atoms with Gasteiger partial charge in [-0.05, 0) is 60.9 Å². The van der Waals surface area contributed by atoms with Gasteiger partial charge < -0.3 is 4.90 Å². The Labute approximate surface area is 128 Å². The predicted molar refractivity (Wildman–Crippen MR) is 84.6 cm³/mol. The van der Waals surface area contributed by atoms with E-state index in [0.29, 0.717) is 0 Å². The highest BCUT2D eigenvalue weighted by Gasteiger charge is 2.13. The van der Waals surface area contributed by atoms with Crippen LogP contribution in [0, 0.1) is 6.92 Å². The van der Waals surface area contributed by atoms with Gasteiger partial charge in [0.2, 0.25) is 0 Å². The molecule has 0 fully saturated rings. The molecule has 2 heterocycles. The molecule has 0 aliphatic rings. The largest absolute Gasteiger partial charge is 0.300 e. The Hall–Kier alpha value is -1.20. The van der Waals surface area contributed by atoms with Gasteiger partial charge in [0.15, 0.2) is 0 Å². The molecule has 0 amide bonds. The average molecular weight is 337 g/mol.